The van der Waals surface area contributed by atoms with Gasteiger partial charge in [0.2, 0.25) is 5.91 Å². The summed E-state index contributed by atoms with van der Waals surface area (Å²) in [6.07, 6.45) is 1.87. The Labute approximate surface area is 187 Å². The standard InChI is InChI=1S/C26H27N5O/c1-16(2)9-14-21-17(3)22(15-27)26-30-23-7-5-6-8-24(23)31(26)25(21)29-20-12-10-19(11-13-20)28-18(4)32/h5-8,10-13,16,29H,9,14H2,1-4H3,(H,28,32). The maximum atomic E-state index is 11.3. The molecule has 32 heavy (non-hydrogen) atoms. The summed E-state index contributed by atoms with van der Waals surface area (Å²) < 4.78 is 2.07. The minimum Gasteiger partial charge on any atom is -0.341 e. The number of hydrogen-bond acceptors (Lipinski definition) is 4. The van der Waals surface area contributed by atoms with E-state index in [9.17, 15) is 10.1 Å². The molecule has 4 rings (SSSR count). The van der Waals surface area contributed by atoms with E-state index >= 15 is 0 Å². The van der Waals surface area contributed by atoms with Crippen LogP contribution in [0.3, 0.4) is 0 Å². The van der Waals surface area contributed by atoms with Crippen LogP contribution in [0.5, 0.6) is 0 Å². The first kappa shape index (κ1) is 21.4. The minimum absolute atomic E-state index is 0.101. The van der Waals surface area contributed by atoms with Crippen LogP contribution in [0.2, 0.25) is 0 Å². The molecule has 0 aliphatic carbocycles. The molecule has 1 amide bonds. The number of anilines is 3. The van der Waals surface area contributed by atoms with E-state index in [0.717, 1.165) is 52.2 Å². The van der Waals surface area contributed by atoms with Gasteiger partial charge in [-0.2, -0.15) is 5.26 Å². The molecule has 0 fully saturated rings. The van der Waals surface area contributed by atoms with Crippen LogP contribution in [0.15, 0.2) is 48.5 Å². The molecule has 0 spiro atoms. The zero-order valence-corrected chi connectivity index (χ0v) is 18.9. The van der Waals surface area contributed by atoms with Gasteiger partial charge >= 0.3 is 0 Å². The van der Waals surface area contributed by atoms with Gasteiger partial charge in [0, 0.05) is 18.3 Å². The summed E-state index contributed by atoms with van der Waals surface area (Å²) in [6.45, 7) is 7.92. The Bertz CT molecular complexity index is 1340. The summed E-state index contributed by atoms with van der Waals surface area (Å²) in [4.78, 5) is 16.1. The zero-order chi connectivity index (χ0) is 22.8. The van der Waals surface area contributed by atoms with Gasteiger partial charge in [-0.3, -0.25) is 9.20 Å². The first-order chi connectivity index (χ1) is 15.4. The number of para-hydroxylation sites is 2. The summed E-state index contributed by atoms with van der Waals surface area (Å²) in [5.74, 6) is 1.37. The van der Waals surface area contributed by atoms with Crippen molar-refractivity contribution in [2.45, 2.75) is 40.5 Å². The first-order valence-electron chi connectivity index (χ1n) is 10.9. The van der Waals surface area contributed by atoms with Crippen molar-refractivity contribution in [2.75, 3.05) is 10.6 Å². The smallest absolute Gasteiger partial charge is 0.221 e. The molecule has 162 valence electrons. The molecular weight excluding hydrogens is 398 g/mol. The fourth-order valence-electron chi connectivity index (χ4n) is 4.03. The van der Waals surface area contributed by atoms with Crippen molar-refractivity contribution in [1.82, 2.24) is 9.38 Å². The van der Waals surface area contributed by atoms with E-state index in [2.05, 4.69) is 35.0 Å². The highest BCUT2D eigenvalue weighted by molar-refractivity contribution is 5.89. The van der Waals surface area contributed by atoms with Crippen LogP contribution in [0.4, 0.5) is 17.2 Å². The average Bonchev–Trinajstić information content (AvgIpc) is 3.13. The number of imidazole rings is 1. The SMILES string of the molecule is CC(=O)Nc1ccc(Nc2c(CCC(C)C)c(C)c(C#N)c3nc4ccccc4n23)cc1. The van der Waals surface area contributed by atoms with Crippen molar-refractivity contribution >= 4 is 39.8 Å². The molecule has 6 nitrogen and oxygen atoms in total. The third-order valence-electron chi connectivity index (χ3n) is 5.67. The van der Waals surface area contributed by atoms with Gasteiger partial charge in [0.25, 0.3) is 0 Å². The van der Waals surface area contributed by atoms with Crippen LogP contribution in [0.25, 0.3) is 16.7 Å². The van der Waals surface area contributed by atoms with Gasteiger partial charge in [0.1, 0.15) is 11.9 Å². The summed E-state index contributed by atoms with van der Waals surface area (Å²) in [6, 6.07) is 18.0. The number of hydrogen-bond donors (Lipinski definition) is 2. The molecule has 0 saturated carbocycles. The summed E-state index contributed by atoms with van der Waals surface area (Å²) in [5.41, 5.74) is 6.83. The fourth-order valence-corrected chi connectivity index (χ4v) is 4.03. The molecule has 2 heterocycles. The van der Waals surface area contributed by atoms with Crippen molar-refractivity contribution in [1.29, 1.82) is 5.26 Å². The van der Waals surface area contributed by atoms with Crippen LogP contribution in [0, 0.1) is 24.2 Å². The molecule has 0 saturated heterocycles. The Morgan fingerprint density at radius 2 is 1.81 bits per heavy atom. The Balaban J connectivity index is 1.92. The number of nitriles is 1. The van der Waals surface area contributed by atoms with Crippen LogP contribution in [-0.4, -0.2) is 15.3 Å². The van der Waals surface area contributed by atoms with Gasteiger partial charge in [-0.25, -0.2) is 4.98 Å². The molecule has 2 N–H and O–H groups in total. The molecule has 2 aromatic carbocycles. The normalized spacial score (nSPS) is 11.1. The molecule has 4 aromatic rings. The Kier molecular flexibility index (Phi) is 5.83. The molecule has 0 aliphatic heterocycles. The topological polar surface area (TPSA) is 82.2 Å². The van der Waals surface area contributed by atoms with E-state index in [-0.39, 0.29) is 5.91 Å². The van der Waals surface area contributed by atoms with E-state index in [1.165, 1.54) is 6.92 Å². The van der Waals surface area contributed by atoms with Gasteiger partial charge in [-0.15, -0.1) is 0 Å². The second-order valence-electron chi connectivity index (χ2n) is 8.51. The first-order valence-corrected chi connectivity index (χ1v) is 10.9. The molecule has 0 bridgehead atoms. The third-order valence-corrected chi connectivity index (χ3v) is 5.67. The Hall–Kier alpha value is -3.85. The predicted molar refractivity (Wildman–Crippen MR) is 129 cm³/mol. The Morgan fingerprint density at radius 3 is 2.47 bits per heavy atom. The van der Waals surface area contributed by atoms with Crippen LogP contribution < -0.4 is 10.6 Å². The highest BCUT2D eigenvalue weighted by atomic mass is 16.1. The van der Waals surface area contributed by atoms with Crippen molar-refractivity contribution in [2.24, 2.45) is 5.92 Å². The number of nitrogens with zero attached hydrogens (tertiary/aromatic N) is 3. The van der Waals surface area contributed by atoms with Crippen molar-refractivity contribution < 1.29 is 4.79 Å². The predicted octanol–water partition coefficient (Wildman–Crippen LogP) is 5.96. The number of nitrogens with one attached hydrogen (secondary N) is 2. The van der Waals surface area contributed by atoms with Crippen LogP contribution in [0.1, 0.15) is 43.9 Å². The highest BCUT2D eigenvalue weighted by Crippen LogP contribution is 2.34. The van der Waals surface area contributed by atoms with Gasteiger partial charge in [0.15, 0.2) is 5.65 Å². The zero-order valence-electron chi connectivity index (χ0n) is 18.9. The fraction of sp³-hybridized carbons (Fsp3) is 0.269. The molecule has 6 heteroatoms. The lowest BCUT2D eigenvalue weighted by molar-refractivity contribution is -0.114. The maximum absolute atomic E-state index is 11.3. The summed E-state index contributed by atoms with van der Waals surface area (Å²) in [7, 11) is 0. The molecule has 0 aliphatic rings. The third kappa shape index (κ3) is 4.02. The number of carbonyl (C=O) groups is 1. The average molecular weight is 426 g/mol. The number of benzene rings is 2. The van der Waals surface area contributed by atoms with Crippen LogP contribution in [-0.2, 0) is 11.2 Å². The van der Waals surface area contributed by atoms with E-state index in [0.29, 0.717) is 17.1 Å². The van der Waals surface area contributed by atoms with Gasteiger partial charge < -0.3 is 10.6 Å². The lowest BCUT2D eigenvalue weighted by Crippen LogP contribution is -2.09. The van der Waals surface area contributed by atoms with E-state index in [1.807, 2.05) is 55.5 Å². The van der Waals surface area contributed by atoms with E-state index < -0.39 is 0 Å². The van der Waals surface area contributed by atoms with Crippen molar-refractivity contribution in [3.63, 3.8) is 0 Å². The number of amides is 1. The number of aromatic nitrogens is 2. The lowest BCUT2D eigenvalue weighted by atomic mass is 9.96. The van der Waals surface area contributed by atoms with E-state index in [1.54, 1.807) is 0 Å². The maximum Gasteiger partial charge on any atom is 0.221 e. The van der Waals surface area contributed by atoms with E-state index in [4.69, 9.17) is 4.98 Å². The second-order valence-corrected chi connectivity index (χ2v) is 8.51. The Morgan fingerprint density at radius 1 is 1.12 bits per heavy atom. The number of carbonyl (C=O) groups excluding carboxylic acids is 1. The lowest BCUT2D eigenvalue weighted by Gasteiger charge is -2.20. The molecule has 0 unspecified atom stereocenters. The quantitative estimate of drug-likeness (QED) is 0.399. The second kappa shape index (κ2) is 8.72. The molecule has 0 radical (unpaired) electrons. The molecule has 2 aromatic heterocycles. The van der Waals surface area contributed by atoms with Crippen molar-refractivity contribution in [3.8, 4) is 6.07 Å². The van der Waals surface area contributed by atoms with Crippen LogP contribution >= 0.6 is 0 Å². The number of fused-ring (bicyclic) bond motifs is 3. The largest absolute Gasteiger partial charge is 0.341 e. The minimum atomic E-state index is -0.101. The molecule has 0 atom stereocenters. The highest BCUT2D eigenvalue weighted by Gasteiger charge is 2.21. The van der Waals surface area contributed by atoms with Gasteiger partial charge in [-0.1, -0.05) is 26.0 Å². The number of rotatable bonds is 6. The van der Waals surface area contributed by atoms with Gasteiger partial charge in [-0.05, 0) is 73.2 Å². The van der Waals surface area contributed by atoms with Crippen molar-refractivity contribution in [3.05, 3.63) is 65.2 Å². The molecular formula is C26H27N5O. The van der Waals surface area contributed by atoms with Gasteiger partial charge in [0.05, 0.1) is 16.6 Å². The monoisotopic (exact) mass is 425 g/mol. The number of pyridine rings is 1. The summed E-state index contributed by atoms with van der Waals surface area (Å²) in [5, 5.41) is 16.4. The summed E-state index contributed by atoms with van der Waals surface area (Å²) >= 11 is 0.